The van der Waals surface area contributed by atoms with Crippen LogP contribution in [0, 0.1) is 0 Å². The van der Waals surface area contributed by atoms with Crippen LogP contribution in [0.15, 0.2) is 0 Å². The molecule has 17 heavy (non-hydrogen) atoms. The van der Waals surface area contributed by atoms with Crippen molar-refractivity contribution in [3.8, 4) is 0 Å². The van der Waals surface area contributed by atoms with Crippen molar-refractivity contribution in [1.29, 1.82) is 0 Å². The molecule has 0 bridgehead atoms. The summed E-state index contributed by atoms with van der Waals surface area (Å²) in [5.41, 5.74) is 2.55. The van der Waals surface area contributed by atoms with Crippen LogP contribution in [0.3, 0.4) is 0 Å². The van der Waals surface area contributed by atoms with Crippen LogP contribution in [-0.2, 0) is 29.8 Å². The Hall–Kier alpha value is -1.10. The van der Waals surface area contributed by atoms with E-state index in [2.05, 4.69) is 9.97 Å². The smallest absolute Gasteiger partial charge is 0.307 e. The maximum absolute atomic E-state index is 10.9. The number of nitrogens with zero attached hydrogens (tertiary/aromatic N) is 2. The molecule has 0 saturated heterocycles. The first-order valence-corrected chi connectivity index (χ1v) is 7.09. The molecule has 0 atom stereocenters. The second-order valence-corrected chi connectivity index (χ2v) is 4.59. The average molecular weight is 254 g/mol. The lowest BCUT2D eigenvalue weighted by Crippen LogP contribution is -2.12. The predicted molar refractivity (Wildman–Crippen MR) is 69.3 cm³/mol. The third-order valence-corrected chi connectivity index (χ3v) is 3.04. The van der Waals surface area contributed by atoms with Gasteiger partial charge in [-0.15, -0.1) is 0 Å². The highest BCUT2D eigenvalue weighted by atomic mass is 32.2. The number of rotatable bonds is 6. The third kappa shape index (κ3) is 3.70. The Balaban J connectivity index is 3.20. The van der Waals surface area contributed by atoms with E-state index < -0.39 is 5.97 Å². The molecule has 1 heterocycles. The van der Waals surface area contributed by atoms with Gasteiger partial charge in [0, 0.05) is 17.0 Å². The van der Waals surface area contributed by atoms with E-state index in [1.165, 1.54) is 0 Å². The molecule has 5 heteroatoms. The fraction of sp³-hybridized carbons (Fsp3) is 0.583. The normalized spacial score (nSPS) is 10.5. The van der Waals surface area contributed by atoms with Crippen LogP contribution in [-0.4, -0.2) is 27.3 Å². The molecule has 0 unspecified atom stereocenters. The molecule has 1 aromatic heterocycles. The molecule has 0 spiro atoms. The number of aliphatic carboxylic acids is 1. The molecule has 4 nitrogen and oxygen atoms in total. The Morgan fingerprint density at radius 1 is 1.24 bits per heavy atom. The van der Waals surface area contributed by atoms with E-state index in [0.29, 0.717) is 0 Å². The van der Waals surface area contributed by atoms with Crippen molar-refractivity contribution < 1.29 is 9.90 Å². The first-order valence-electron chi connectivity index (χ1n) is 5.70. The van der Waals surface area contributed by atoms with E-state index in [1.807, 2.05) is 20.1 Å². The van der Waals surface area contributed by atoms with Gasteiger partial charge < -0.3 is 5.11 Å². The zero-order valence-corrected chi connectivity index (χ0v) is 11.3. The number of thioether (sulfide) groups is 1. The van der Waals surface area contributed by atoms with Crippen LogP contribution in [0.4, 0.5) is 0 Å². The van der Waals surface area contributed by atoms with Crippen molar-refractivity contribution >= 4 is 17.7 Å². The molecule has 0 aliphatic rings. The monoisotopic (exact) mass is 254 g/mol. The largest absolute Gasteiger partial charge is 0.481 e. The standard InChI is InChI=1S/C12H18N2O2S/c1-4-9-8(6-12(15)16)10(5-2)14-11(13-9)7-17-3/h4-7H2,1-3H3,(H,15,16). The predicted octanol–water partition coefficient (Wildman–Crippen LogP) is 2.09. The number of carbonyl (C=O) groups is 1. The van der Waals surface area contributed by atoms with Crippen molar-refractivity contribution in [2.45, 2.75) is 38.9 Å². The molecule has 94 valence electrons. The summed E-state index contributed by atoms with van der Waals surface area (Å²) >= 11 is 1.67. The van der Waals surface area contributed by atoms with Gasteiger partial charge in [0.25, 0.3) is 0 Å². The average Bonchev–Trinajstić information content (AvgIpc) is 2.30. The summed E-state index contributed by atoms with van der Waals surface area (Å²) in [6.07, 6.45) is 3.52. The Bertz CT molecular complexity index is 382. The Morgan fingerprint density at radius 2 is 1.76 bits per heavy atom. The van der Waals surface area contributed by atoms with Crippen LogP contribution < -0.4 is 0 Å². The van der Waals surface area contributed by atoms with Gasteiger partial charge in [-0.1, -0.05) is 13.8 Å². The Kier molecular flexibility index (Phi) is 5.41. The van der Waals surface area contributed by atoms with Crippen molar-refractivity contribution in [2.75, 3.05) is 6.26 Å². The Labute approximate surface area is 106 Å². The first-order chi connectivity index (χ1) is 8.12. The zero-order valence-electron chi connectivity index (χ0n) is 10.5. The second kappa shape index (κ2) is 6.59. The third-order valence-electron chi connectivity index (χ3n) is 2.50. The van der Waals surface area contributed by atoms with Crippen molar-refractivity contribution in [3.05, 3.63) is 22.8 Å². The molecule has 0 fully saturated rings. The molecule has 1 aromatic rings. The minimum Gasteiger partial charge on any atom is -0.481 e. The zero-order chi connectivity index (χ0) is 12.8. The van der Waals surface area contributed by atoms with Crippen LogP contribution in [0.2, 0.25) is 0 Å². The van der Waals surface area contributed by atoms with E-state index in [0.717, 1.165) is 41.4 Å². The number of aromatic nitrogens is 2. The summed E-state index contributed by atoms with van der Waals surface area (Å²) in [7, 11) is 0. The van der Waals surface area contributed by atoms with Crippen molar-refractivity contribution in [1.82, 2.24) is 9.97 Å². The molecular weight excluding hydrogens is 236 g/mol. The van der Waals surface area contributed by atoms with E-state index in [1.54, 1.807) is 11.8 Å². The van der Waals surface area contributed by atoms with Gasteiger partial charge in [-0.3, -0.25) is 4.79 Å². The minimum absolute atomic E-state index is 0.0197. The molecule has 1 N–H and O–H groups in total. The van der Waals surface area contributed by atoms with Gasteiger partial charge in [-0.2, -0.15) is 11.8 Å². The molecular formula is C12H18N2O2S. The van der Waals surface area contributed by atoms with Gasteiger partial charge in [0.1, 0.15) is 5.82 Å². The number of hydrogen-bond donors (Lipinski definition) is 1. The molecule has 0 radical (unpaired) electrons. The van der Waals surface area contributed by atoms with Gasteiger partial charge >= 0.3 is 5.97 Å². The fourth-order valence-electron chi connectivity index (χ4n) is 1.77. The Morgan fingerprint density at radius 3 is 2.12 bits per heavy atom. The topological polar surface area (TPSA) is 63.1 Å². The minimum atomic E-state index is -0.824. The lowest BCUT2D eigenvalue weighted by atomic mass is 10.0. The lowest BCUT2D eigenvalue weighted by molar-refractivity contribution is -0.136. The summed E-state index contributed by atoms with van der Waals surface area (Å²) in [5.74, 6) is 0.754. The van der Waals surface area contributed by atoms with Crippen molar-refractivity contribution in [3.63, 3.8) is 0 Å². The highest BCUT2D eigenvalue weighted by molar-refractivity contribution is 7.97. The van der Waals surface area contributed by atoms with E-state index >= 15 is 0 Å². The molecule has 0 amide bonds. The number of carboxylic acid groups (broad SMARTS) is 1. The summed E-state index contributed by atoms with van der Waals surface area (Å²) in [6, 6.07) is 0. The number of aryl methyl sites for hydroxylation is 2. The molecule has 0 aliphatic carbocycles. The summed E-state index contributed by atoms with van der Waals surface area (Å²) in [5, 5.41) is 8.92. The quantitative estimate of drug-likeness (QED) is 0.842. The highest BCUT2D eigenvalue weighted by Gasteiger charge is 2.14. The molecule has 0 aliphatic heterocycles. The second-order valence-electron chi connectivity index (χ2n) is 3.72. The van der Waals surface area contributed by atoms with Gasteiger partial charge in [-0.25, -0.2) is 9.97 Å². The number of hydrogen-bond acceptors (Lipinski definition) is 4. The lowest BCUT2D eigenvalue weighted by Gasteiger charge is -2.12. The first kappa shape index (κ1) is 14.0. The van der Waals surface area contributed by atoms with E-state index in [-0.39, 0.29) is 6.42 Å². The summed E-state index contributed by atoms with van der Waals surface area (Å²) < 4.78 is 0. The van der Waals surface area contributed by atoms with Crippen LogP contribution in [0.25, 0.3) is 0 Å². The maximum atomic E-state index is 10.9. The summed E-state index contributed by atoms with van der Waals surface area (Å²) in [4.78, 5) is 19.8. The van der Waals surface area contributed by atoms with Crippen LogP contribution in [0.5, 0.6) is 0 Å². The highest BCUT2D eigenvalue weighted by Crippen LogP contribution is 2.16. The number of carboxylic acids is 1. The van der Waals surface area contributed by atoms with E-state index in [4.69, 9.17) is 5.11 Å². The summed E-state index contributed by atoms with van der Waals surface area (Å²) in [6.45, 7) is 3.99. The SMILES string of the molecule is CCc1nc(CSC)nc(CC)c1CC(=O)O. The van der Waals surface area contributed by atoms with Gasteiger partial charge in [0.15, 0.2) is 0 Å². The molecule has 0 saturated carbocycles. The van der Waals surface area contributed by atoms with Crippen molar-refractivity contribution in [2.24, 2.45) is 0 Å². The maximum Gasteiger partial charge on any atom is 0.307 e. The fourth-order valence-corrected chi connectivity index (χ4v) is 2.16. The van der Waals surface area contributed by atoms with Crippen LogP contribution in [0.1, 0.15) is 36.6 Å². The van der Waals surface area contributed by atoms with Gasteiger partial charge in [0.2, 0.25) is 0 Å². The van der Waals surface area contributed by atoms with E-state index in [9.17, 15) is 4.79 Å². The van der Waals surface area contributed by atoms with Crippen LogP contribution >= 0.6 is 11.8 Å². The van der Waals surface area contributed by atoms with Gasteiger partial charge in [-0.05, 0) is 19.1 Å². The van der Waals surface area contributed by atoms with Gasteiger partial charge in [0.05, 0.1) is 12.2 Å². The molecule has 1 rings (SSSR count). The molecule has 0 aromatic carbocycles.